The second-order valence-corrected chi connectivity index (χ2v) is 7.28. The number of nitrogens with zero attached hydrogens (tertiary/aromatic N) is 2. The van der Waals surface area contributed by atoms with Crippen LogP contribution in [-0.4, -0.2) is 16.9 Å². The monoisotopic (exact) mass is 371 g/mol. The Morgan fingerprint density at radius 3 is 2.50 bits per heavy atom. The molecular weight excluding hydrogens is 346 g/mol. The van der Waals surface area contributed by atoms with Gasteiger partial charge in [0.1, 0.15) is 5.75 Å². The summed E-state index contributed by atoms with van der Waals surface area (Å²) in [4.78, 5) is 0. The number of nitrogens with one attached hydrogen (secondary N) is 1. The zero-order chi connectivity index (χ0) is 19.5. The number of rotatable bonds is 6. The van der Waals surface area contributed by atoms with Crippen LogP contribution in [0, 0.1) is 0 Å². The molecular formula is C24H25N3O. The van der Waals surface area contributed by atoms with Crippen molar-refractivity contribution < 1.29 is 4.74 Å². The zero-order valence-corrected chi connectivity index (χ0v) is 16.5. The van der Waals surface area contributed by atoms with Crippen molar-refractivity contribution in [3.05, 3.63) is 83.9 Å². The van der Waals surface area contributed by atoms with Crippen LogP contribution in [0.3, 0.4) is 0 Å². The lowest BCUT2D eigenvalue weighted by Gasteiger charge is -2.09. The molecule has 0 aliphatic heterocycles. The van der Waals surface area contributed by atoms with Crippen molar-refractivity contribution in [2.24, 2.45) is 0 Å². The highest BCUT2D eigenvalue weighted by molar-refractivity contribution is 5.92. The summed E-state index contributed by atoms with van der Waals surface area (Å²) in [5.41, 5.74) is 4.67. The van der Waals surface area contributed by atoms with E-state index in [9.17, 15) is 0 Å². The van der Waals surface area contributed by atoms with Gasteiger partial charge in [0.15, 0.2) is 5.82 Å². The van der Waals surface area contributed by atoms with Crippen molar-refractivity contribution in [1.29, 1.82) is 0 Å². The molecule has 0 aliphatic carbocycles. The number of methoxy groups -OCH3 is 1. The Labute approximate surface area is 165 Å². The Hall–Kier alpha value is -3.27. The lowest BCUT2D eigenvalue weighted by molar-refractivity contribution is 0.414. The van der Waals surface area contributed by atoms with Gasteiger partial charge in [-0.05, 0) is 53.4 Å². The van der Waals surface area contributed by atoms with Crippen LogP contribution in [0.25, 0.3) is 10.9 Å². The lowest BCUT2D eigenvalue weighted by Crippen LogP contribution is -2.02. The van der Waals surface area contributed by atoms with Gasteiger partial charge in [-0.2, -0.15) is 5.10 Å². The quantitative estimate of drug-likeness (QED) is 0.454. The van der Waals surface area contributed by atoms with E-state index in [4.69, 9.17) is 9.84 Å². The average molecular weight is 371 g/mol. The maximum Gasteiger partial charge on any atom is 0.160 e. The van der Waals surface area contributed by atoms with Gasteiger partial charge >= 0.3 is 0 Å². The van der Waals surface area contributed by atoms with Crippen LogP contribution in [-0.2, 0) is 6.54 Å². The van der Waals surface area contributed by atoms with Gasteiger partial charge in [-0.1, -0.05) is 50.2 Å². The summed E-state index contributed by atoms with van der Waals surface area (Å²) in [7, 11) is 1.68. The number of ether oxygens (including phenoxy) is 1. The molecule has 0 spiro atoms. The second kappa shape index (κ2) is 7.77. The molecule has 4 rings (SSSR count). The van der Waals surface area contributed by atoms with Crippen molar-refractivity contribution in [3.63, 3.8) is 0 Å². The molecule has 0 unspecified atom stereocenters. The van der Waals surface area contributed by atoms with Crippen molar-refractivity contribution in [3.8, 4) is 5.75 Å². The first-order chi connectivity index (χ1) is 13.6. The first-order valence-corrected chi connectivity index (χ1v) is 9.59. The normalized spacial score (nSPS) is 11.1. The number of hydrogen-bond acceptors (Lipinski definition) is 3. The summed E-state index contributed by atoms with van der Waals surface area (Å²) in [5, 5.41) is 9.50. The average Bonchev–Trinajstić information content (AvgIpc) is 3.06. The van der Waals surface area contributed by atoms with Gasteiger partial charge in [0, 0.05) is 11.1 Å². The van der Waals surface area contributed by atoms with E-state index in [2.05, 4.69) is 79.8 Å². The summed E-state index contributed by atoms with van der Waals surface area (Å²) in [5.74, 6) is 2.23. The second-order valence-electron chi connectivity index (χ2n) is 7.28. The first kappa shape index (κ1) is 18.1. The van der Waals surface area contributed by atoms with Crippen molar-refractivity contribution in [2.45, 2.75) is 26.3 Å². The van der Waals surface area contributed by atoms with Gasteiger partial charge in [0.25, 0.3) is 0 Å². The molecule has 1 heterocycles. The topological polar surface area (TPSA) is 39.1 Å². The Bertz CT molecular complexity index is 1080. The van der Waals surface area contributed by atoms with E-state index in [1.54, 1.807) is 7.11 Å². The smallest absolute Gasteiger partial charge is 0.160 e. The summed E-state index contributed by atoms with van der Waals surface area (Å²) < 4.78 is 7.30. The predicted molar refractivity (Wildman–Crippen MR) is 116 cm³/mol. The zero-order valence-electron chi connectivity index (χ0n) is 16.5. The first-order valence-electron chi connectivity index (χ1n) is 9.59. The molecule has 0 bridgehead atoms. The Kier molecular flexibility index (Phi) is 5.02. The van der Waals surface area contributed by atoms with E-state index >= 15 is 0 Å². The van der Waals surface area contributed by atoms with Gasteiger partial charge < -0.3 is 10.1 Å². The summed E-state index contributed by atoms with van der Waals surface area (Å²) in [6.45, 7) is 5.12. The van der Waals surface area contributed by atoms with Gasteiger partial charge in [-0.25, -0.2) is 0 Å². The Balaban J connectivity index is 1.67. The predicted octanol–water partition coefficient (Wildman–Crippen LogP) is 5.96. The van der Waals surface area contributed by atoms with Crippen LogP contribution in [0.5, 0.6) is 5.75 Å². The molecule has 1 N–H and O–H groups in total. The van der Waals surface area contributed by atoms with E-state index in [-0.39, 0.29) is 0 Å². The molecule has 0 radical (unpaired) electrons. The fourth-order valence-corrected chi connectivity index (χ4v) is 3.36. The number of anilines is 2. The largest absolute Gasteiger partial charge is 0.497 e. The molecule has 28 heavy (non-hydrogen) atoms. The Morgan fingerprint density at radius 2 is 1.75 bits per heavy atom. The molecule has 4 heteroatoms. The number of aromatic nitrogens is 2. The maximum absolute atomic E-state index is 5.25. The van der Waals surface area contributed by atoms with Crippen LogP contribution < -0.4 is 10.1 Å². The molecule has 142 valence electrons. The van der Waals surface area contributed by atoms with E-state index in [1.165, 1.54) is 11.1 Å². The summed E-state index contributed by atoms with van der Waals surface area (Å²) >= 11 is 0. The standard InChI is InChI=1S/C24H25N3O/c1-17(2)19-7-6-8-20(15-19)25-24-22-9-4-5-10-23(22)27(26-24)16-18-11-13-21(28-3)14-12-18/h4-15,17H,16H2,1-3H3,(H,25,26). The van der Waals surface area contributed by atoms with Crippen LogP contribution in [0.4, 0.5) is 11.5 Å². The molecule has 0 saturated heterocycles. The number of benzene rings is 3. The molecule has 0 fully saturated rings. The third-order valence-electron chi connectivity index (χ3n) is 4.97. The highest BCUT2D eigenvalue weighted by Gasteiger charge is 2.11. The van der Waals surface area contributed by atoms with E-state index in [0.717, 1.165) is 28.2 Å². The van der Waals surface area contributed by atoms with Gasteiger partial charge in [-0.3, -0.25) is 4.68 Å². The molecule has 1 aromatic heterocycles. The fourth-order valence-electron chi connectivity index (χ4n) is 3.36. The maximum atomic E-state index is 5.25. The summed E-state index contributed by atoms with van der Waals surface area (Å²) in [6, 6.07) is 25.0. The highest BCUT2D eigenvalue weighted by Crippen LogP contribution is 2.28. The lowest BCUT2D eigenvalue weighted by atomic mass is 10.0. The Morgan fingerprint density at radius 1 is 0.964 bits per heavy atom. The molecule has 0 saturated carbocycles. The molecule has 0 amide bonds. The SMILES string of the molecule is COc1ccc(Cn2nc(Nc3cccc(C(C)C)c3)c3ccccc32)cc1. The number of hydrogen-bond donors (Lipinski definition) is 1. The van der Waals surface area contributed by atoms with Crippen molar-refractivity contribution in [2.75, 3.05) is 12.4 Å². The molecule has 0 aliphatic rings. The number of para-hydroxylation sites is 1. The van der Waals surface area contributed by atoms with Crippen molar-refractivity contribution >= 4 is 22.4 Å². The third-order valence-corrected chi connectivity index (χ3v) is 4.97. The van der Waals surface area contributed by atoms with Gasteiger partial charge in [0.2, 0.25) is 0 Å². The van der Waals surface area contributed by atoms with Crippen molar-refractivity contribution in [1.82, 2.24) is 9.78 Å². The minimum absolute atomic E-state index is 0.492. The van der Waals surface area contributed by atoms with Crippen LogP contribution in [0.15, 0.2) is 72.8 Å². The van der Waals surface area contributed by atoms with E-state index in [1.807, 2.05) is 16.8 Å². The molecule has 4 aromatic rings. The van der Waals surface area contributed by atoms with Crippen LogP contribution in [0.2, 0.25) is 0 Å². The molecule has 3 aromatic carbocycles. The third kappa shape index (κ3) is 3.72. The van der Waals surface area contributed by atoms with Crippen LogP contribution >= 0.6 is 0 Å². The van der Waals surface area contributed by atoms with E-state index in [0.29, 0.717) is 12.5 Å². The summed E-state index contributed by atoms with van der Waals surface area (Å²) in [6.07, 6.45) is 0. The molecule has 4 nitrogen and oxygen atoms in total. The minimum Gasteiger partial charge on any atom is -0.497 e. The van der Waals surface area contributed by atoms with Crippen LogP contribution in [0.1, 0.15) is 30.9 Å². The van der Waals surface area contributed by atoms with E-state index < -0.39 is 0 Å². The van der Waals surface area contributed by atoms with Gasteiger partial charge in [-0.15, -0.1) is 0 Å². The molecule has 0 atom stereocenters. The minimum atomic E-state index is 0.492. The number of fused-ring (bicyclic) bond motifs is 1. The fraction of sp³-hybridized carbons (Fsp3) is 0.208. The van der Waals surface area contributed by atoms with Gasteiger partial charge in [0.05, 0.1) is 19.2 Å². The highest BCUT2D eigenvalue weighted by atomic mass is 16.5.